The maximum atomic E-state index is 13.8. The van der Waals surface area contributed by atoms with Crippen molar-refractivity contribution in [2.45, 2.75) is 35.4 Å². The molecule has 0 aromatic heterocycles. The van der Waals surface area contributed by atoms with Crippen molar-refractivity contribution in [3.8, 4) is 0 Å². The van der Waals surface area contributed by atoms with E-state index in [0.29, 0.717) is 19.3 Å². The van der Waals surface area contributed by atoms with Crippen LogP contribution >= 0.6 is 23.2 Å². The van der Waals surface area contributed by atoms with E-state index in [-0.39, 0.29) is 36.0 Å². The van der Waals surface area contributed by atoms with Gasteiger partial charge in [-0.25, -0.2) is 0 Å². The summed E-state index contributed by atoms with van der Waals surface area (Å²) in [6.45, 7) is -0.359. The molecule has 220 valence electrons. The first-order chi connectivity index (χ1) is 20.6. The molecule has 9 nitrogen and oxygen atoms in total. The van der Waals surface area contributed by atoms with Gasteiger partial charge in [-0.05, 0) is 35.1 Å². The predicted molar refractivity (Wildman–Crippen MR) is 157 cm³/mol. The van der Waals surface area contributed by atoms with Gasteiger partial charge in [0.2, 0.25) is 17.6 Å². The van der Waals surface area contributed by atoms with Gasteiger partial charge in [-0.15, -0.1) is 23.2 Å². The smallest absolute Gasteiger partial charge is 0.306 e. The van der Waals surface area contributed by atoms with Crippen LogP contribution in [-0.2, 0) is 28.9 Å². The van der Waals surface area contributed by atoms with Gasteiger partial charge in [0.15, 0.2) is 6.61 Å². The van der Waals surface area contributed by atoms with Crippen LogP contribution in [0.5, 0.6) is 0 Å². The third-order valence-electron chi connectivity index (χ3n) is 8.68. The quantitative estimate of drug-likeness (QED) is 0.0559. The molecule has 4 aliphatic rings. The van der Waals surface area contributed by atoms with Gasteiger partial charge in [0.05, 0.1) is 16.8 Å². The first kappa shape index (κ1) is 29.0. The minimum Gasteiger partial charge on any atom is -0.457 e. The summed E-state index contributed by atoms with van der Waals surface area (Å²) >= 11 is 14.8. The molecule has 3 aliphatic carbocycles. The number of ketones is 1. The van der Waals surface area contributed by atoms with Crippen molar-refractivity contribution >= 4 is 52.5 Å². The Labute approximate surface area is 256 Å². The molecule has 3 aromatic rings. The average Bonchev–Trinajstić information content (AvgIpc) is 3.28. The number of unbranched alkanes of at least 4 members (excludes halogenated alkanes) is 2. The summed E-state index contributed by atoms with van der Waals surface area (Å²) in [7, 11) is 0. The van der Waals surface area contributed by atoms with Crippen LogP contribution in [0.4, 0.5) is 5.69 Å². The van der Waals surface area contributed by atoms with Gasteiger partial charge in [-0.1, -0.05) is 67.1 Å². The summed E-state index contributed by atoms with van der Waals surface area (Å²) in [5.74, 6) is -3.52. The number of likely N-dealkylation sites (tertiary alicyclic amines) is 1. The number of halogens is 2. The van der Waals surface area contributed by atoms with Crippen molar-refractivity contribution in [3.63, 3.8) is 0 Å². The van der Waals surface area contributed by atoms with Crippen LogP contribution in [0.2, 0.25) is 0 Å². The number of imide groups is 1. The standard InChI is InChI=1S/C32H26Cl2N2O7/c33-31-21-11-3-4-12-22(21)32(34,24-14-6-5-13-23(24)31)28-27(31)29(39)35(30(28)40)16-7-1-2-15-26(38)43-18-25(37)19-9-8-10-20(17-19)36(41)42/h3-6,8-14,17,27-28H,1-2,7,15-16,18H2/t27-,28+,31?,32?. The Morgan fingerprint density at radius 2 is 1.35 bits per heavy atom. The van der Waals surface area contributed by atoms with E-state index in [4.69, 9.17) is 27.9 Å². The molecule has 2 atom stereocenters. The van der Waals surface area contributed by atoms with E-state index < -0.39 is 44.9 Å². The highest BCUT2D eigenvalue weighted by Gasteiger charge is 2.72. The number of nitro groups is 1. The highest BCUT2D eigenvalue weighted by Crippen LogP contribution is 2.69. The molecule has 0 unspecified atom stereocenters. The van der Waals surface area contributed by atoms with Crippen LogP contribution in [0.15, 0.2) is 72.8 Å². The molecule has 2 amide bonds. The van der Waals surface area contributed by atoms with Gasteiger partial charge in [0.1, 0.15) is 9.75 Å². The van der Waals surface area contributed by atoms with Crippen LogP contribution in [-0.4, -0.2) is 46.5 Å². The summed E-state index contributed by atoms with van der Waals surface area (Å²) in [6, 6.07) is 20.1. The minimum atomic E-state index is -1.22. The molecule has 1 saturated heterocycles. The fourth-order valence-corrected chi connectivity index (χ4v) is 7.85. The largest absolute Gasteiger partial charge is 0.457 e. The normalized spacial score (nSPS) is 24.7. The zero-order chi connectivity index (χ0) is 30.5. The average molecular weight is 621 g/mol. The first-order valence-electron chi connectivity index (χ1n) is 14.0. The second-order valence-electron chi connectivity index (χ2n) is 11.0. The Morgan fingerprint density at radius 3 is 1.86 bits per heavy atom. The summed E-state index contributed by atoms with van der Waals surface area (Å²) in [5.41, 5.74) is 2.85. The number of rotatable bonds is 10. The number of nitro benzene ring substituents is 1. The summed E-state index contributed by atoms with van der Waals surface area (Å²) in [4.78, 5) is 61.2. The number of hydrogen-bond donors (Lipinski definition) is 0. The van der Waals surface area contributed by atoms with Crippen LogP contribution in [0.25, 0.3) is 0 Å². The van der Waals surface area contributed by atoms with Crippen molar-refractivity contribution in [1.29, 1.82) is 0 Å². The van der Waals surface area contributed by atoms with Crippen molar-refractivity contribution in [2.24, 2.45) is 11.8 Å². The number of non-ortho nitro benzene ring substituents is 1. The monoisotopic (exact) mass is 620 g/mol. The number of nitrogens with zero attached hydrogens (tertiary/aromatic N) is 2. The molecule has 1 heterocycles. The lowest BCUT2D eigenvalue weighted by molar-refractivity contribution is -0.384. The Hall–Kier alpha value is -4.08. The fourth-order valence-electron chi connectivity index (χ4n) is 6.76. The predicted octanol–water partition coefficient (Wildman–Crippen LogP) is 5.47. The van der Waals surface area contributed by atoms with E-state index in [9.17, 15) is 29.3 Å². The molecule has 0 spiro atoms. The number of esters is 1. The van der Waals surface area contributed by atoms with Crippen LogP contribution in [0.1, 0.15) is 58.3 Å². The summed E-state index contributed by atoms with van der Waals surface area (Å²) in [5, 5.41) is 10.9. The third-order valence-corrected chi connectivity index (χ3v) is 9.97. The molecule has 0 radical (unpaired) electrons. The molecule has 0 saturated carbocycles. The fraction of sp³-hybridized carbons (Fsp3) is 0.312. The lowest BCUT2D eigenvalue weighted by Gasteiger charge is -2.54. The minimum absolute atomic E-state index is 0.0373. The van der Waals surface area contributed by atoms with Gasteiger partial charge >= 0.3 is 5.97 Å². The molecule has 11 heteroatoms. The second-order valence-corrected chi connectivity index (χ2v) is 12.2. The second kappa shape index (κ2) is 10.9. The maximum absolute atomic E-state index is 13.8. The number of hydrogen-bond acceptors (Lipinski definition) is 7. The lowest BCUT2D eigenvalue weighted by atomic mass is 9.54. The SMILES string of the molecule is O=C(CCCCCN1C(=O)[C@@H]2[C@H](C1=O)C1(Cl)c3ccccc3C2(Cl)c2ccccc21)OCC(=O)c1cccc([N+](=O)[O-])c1. The van der Waals surface area contributed by atoms with Crippen molar-refractivity contribution < 1.29 is 28.8 Å². The number of carbonyl (C=O) groups is 4. The molecule has 43 heavy (non-hydrogen) atoms. The van der Waals surface area contributed by atoms with Gasteiger partial charge in [-0.3, -0.25) is 34.2 Å². The zero-order valence-electron chi connectivity index (χ0n) is 22.8. The van der Waals surface area contributed by atoms with Gasteiger partial charge in [0.25, 0.3) is 5.69 Å². The summed E-state index contributed by atoms with van der Waals surface area (Å²) < 4.78 is 5.04. The number of carbonyl (C=O) groups excluding carboxylic acids is 4. The van der Waals surface area contributed by atoms with E-state index in [1.54, 1.807) is 0 Å². The summed E-state index contributed by atoms with van der Waals surface area (Å²) in [6.07, 6.45) is 1.44. The van der Waals surface area contributed by atoms with E-state index in [2.05, 4.69) is 0 Å². The van der Waals surface area contributed by atoms with E-state index in [0.717, 1.165) is 28.3 Å². The van der Waals surface area contributed by atoms with Gasteiger partial charge in [0, 0.05) is 30.7 Å². The zero-order valence-corrected chi connectivity index (χ0v) is 24.3. The molecule has 0 N–H and O–H groups in total. The molecular weight excluding hydrogens is 595 g/mol. The van der Waals surface area contributed by atoms with E-state index >= 15 is 0 Å². The highest BCUT2D eigenvalue weighted by molar-refractivity contribution is 6.36. The molecule has 1 aliphatic heterocycles. The molecular formula is C32H26Cl2N2O7. The molecule has 7 rings (SSSR count). The van der Waals surface area contributed by atoms with Crippen LogP contribution < -0.4 is 0 Å². The van der Waals surface area contributed by atoms with E-state index in [1.807, 2.05) is 48.5 Å². The number of Topliss-reactive ketones (excluding diaryl/α,β-unsaturated/α-hetero) is 1. The molecule has 3 aromatic carbocycles. The van der Waals surface area contributed by atoms with Crippen molar-refractivity contribution in [1.82, 2.24) is 4.90 Å². The van der Waals surface area contributed by atoms with Crippen molar-refractivity contribution in [3.05, 3.63) is 111 Å². The third kappa shape index (κ3) is 4.44. The van der Waals surface area contributed by atoms with Crippen LogP contribution in [0, 0.1) is 22.0 Å². The topological polar surface area (TPSA) is 124 Å². The Morgan fingerprint density at radius 1 is 0.814 bits per heavy atom. The number of alkyl halides is 2. The van der Waals surface area contributed by atoms with E-state index in [1.165, 1.54) is 23.1 Å². The van der Waals surface area contributed by atoms with Gasteiger partial charge < -0.3 is 4.74 Å². The molecule has 2 bridgehead atoms. The lowest BCUT2D eigenvalue weighted by Crippen LogP contribution is -2.57. The number of amides is 2. The number of ether oxygens (including phenoxy) is 1. The number of benzene rings is 3. The first-order valence-corrected chi connectivity index (χ1v) is 14.7. The van der Waals surface area contributed by atoms with Crippen molar-refractivity contribution in [2.75, 3.05) is 13.2 Å². The Balaban J connectivity index is 1.06. The Kier molecular flexibility index (Phi) is 7.34. The highest BCUT2D eigenvalue weighted by atomic mass is 35.5. The van der Waals surface area contributed by atoms with Crippen LogP contribution in [0.3, 0.4) is 0 Å². The maximum Gasteiger partial charge on any atom is 0.306 e. The molecule has 1 fully saturated rings. The Bertz CT molecular complexity index is 1570. The van der Waals surface area contributed by atoms with Gasteiger partial charge in [-0.2, -0.15) is 0 Å².